The molecule has 1 heterocycles. The number of carbonyl (C=O) groups is 2. The molecule has 0 amide bonds. The Morgan fingerprint density at radius 1 is 0.935 bits per heavy atom. The van der Waals surface area contributed by atoms with Crippen molar-refractivity contribution in [2.75, 3.05) is 0 Å². The lowest BCUT2D eigenvalue weighted by molar-refractivity contribution is -0.137. The number of hydrogen-bond donors (Lipinski definition) is 1. The van der Waals surface area contributed by atoms with Crippen molar-refractivity contribution in [1.82, 2.24) is 10.3 Å². The number of hydrogen-bond acceptors (Lipinski definition) is 5. The number of fused-ring (bicyclic) bond motifs is 1. The average molecular weight is 410 g/mol. The Morgan fingerprint density at radius 3 is 2.55 bits per heavy atom. The van der Waals surface area contributed by atoms with E-state index >= 15 is 0 Å². The molecule has 0 aliphatic heterocycles. The summed E-state index contributed by atoms with van der Waals surface area (Å²) in [5.41, 5.74) is 2.51. The Morgan fingerprint density at radius 2 is 1.71 bits per heavy atom. The maximum atomic E-state index is 13.1. The lowest BCUT2D eigenvalue weighted by Gasteiger charge is -2.18. The van der Waals surface area contributed by atoms with Crippen LogP contribution in [0.2, 0.25) is 0 Å². The number of carbonyl (C=O) groups excluding carboxylic acids is 2. The van der Waals surface area contributed by atoms with Crippen LogP contribution in [-0.4, -0.2) is 23.3 Å². The highest BCUT2D eigenvalue weighted by molar-refractivity contribution is 5.89. The van der Waals surface area contributed by atoms with Gasteiger partial charge in [-0.15, -0.1) is 0 Å². The third kappa shape index (κ3) is 5.21. The number of esters is 1. The van der Waals surface area contributed by atoms with E-state index in [2.05, 4.69) is 10.3 Å². The topological polar surface area (TPSA) is 68.3 Å². The van der Waals surface area contributed by atoms with Gasteiger partial charge >= 0.3 is 5.97 Å². The highest BCUT2D eigenvalue weighted by Crippen LogP contribution is 2.23. The third-order valence-corrected chi connectivity index (χ3v) is 5.04. The van der Waals surface area contributed by atoms with Gasteiger partial charge in [-0.3, -0.25) is 4.79 Å². The van der Waals surface area contributed by atoms with Gasteiger partial charge in [-0.25, -0.2) is 9.78 Å². The summed E-state index contributed by atoms with van der Waals surface area (Å²) in [5, 5.41) is 5.03. The lowest BCUT2D eigenvalue weighted by Crippen LogP contribution is -2.41. The summed E-state index contributed by atoms with van der Waals surface area (Å²) in [6, 6.07) is 26.0. The molecular formula is C26H22N2O3. The largest absolute Gasteiger partial charge is 0.406 e. The molecule has 0 fully saturated rings. The summed E-state index contributed by atoms with van der Waals surface area (Å²) >= 11 is 0. The SMILES string of the molecule is O=Cc1cccc(C[C@H](NCc2ccccc2)C(=O)Oc2nccc3ccccc23)c1. The second kappa shape index (κ2) is 9.78. The molecule has 0 radical (unpaired) electrons. The van der Waals surface area contributed by atoms with Gasteiger partial charge in [0.25, 0.3) is 0 Å². The maximum absolute atomic E-state index is 13.1. The first-order valence-corrected chi connectivity index (χ1v) is 10.1. The molecule has 31 heavy (non-hydrogen) atoms. The minimum atomic E-state index is -0.608. The molecule has 5 heteroatoms. The van der Waals surface area contributed by atoms with Gasteiger partial charge in [0.05, 0.1) is 0 Å². The quantitative estimate of drug-likeness (QED) is 0.345. The number of aromatic nitrogens is 1. The van der Waals surface area contributed by atoms with Gasteiger partial charge in [0.2, 0.25) is 5.88 Å². The fourth-order valence-corrected chi connectivity index (χ4v) is 3.44. The van der Waals surface area contributed by atoms with Crippen molar-refractivity contribution in [2.45, 2.75) is 19.0 Å². The minimum Gasteiger partial charge on any atom is -0.406 e. The van der Waals surface area contributed by atoms with Crippen LogP contribution in [0.5, 0.6) is 5.88 Å². The second-order valence-electron chi connectivity index (χ2n) is 7.24. The molecule has 0 unspecified atom stereocenters. The van der Waals surface area contributed by atoms with Crippen LogP contribution in [0.3, 0.4) is 0 Å². The van der Waals surface area contributed by atoms with Crippen molar-refractivity contribution >= 4 is 23.0 Å². The van der Waals surface area contributed by atoms with Crippen molar-refractivity contribution in [1.29, 1.82) is 0 Å². The van der Waals surface area contributed by atoms with Crippen LogP contribution < -0.4 is 10.1 Å². The molecule has 0 saturated carbocycles. The number of nitrogens with one attached hydrogen (secondary N) is 1. The monoisotopic (exact) mass is 410 g/mol. The second-order valence-corrected chi connectivity index (χ2v) is 7.24. The van der Waals surface area contributed by atoms with Crippen molar-refractivity contribution < 1.29 is 14.3 Å². The zero-order chi connectivity index (χ0) is 21.5. The van der Waals surface area contributed by atoms with Gasteiger partial charge in [-0.05, 0) is 41.1 Å². The summed E-state index contributed by atoms with van der Waals surface area (Å²) in [5.74, 6) is -0.132. The molecule has 154 valence electrons. The van der Waals surface area contributed by atoms with Crippen LogP contribution in [0.15, 0.2) is 91.1 Å². The van der Waals surface area contributed by atoms with Gasteiger partial charge < -0.3 is 10.1 Å². The molecule has 0 spiro atoms. The van der Waals surface area contributed by atoms with Crippen LogP contribution in [-0.2, 0) is 17.8 Å². The Kier molecular flexibility index (Phi) is 6.45. The number of ether oxygens (including phenoxy) is 1. The summed E-state index contributed by atoms with van der Waals surface area (Å²) in [4.78, 5) is 28.5. The average Bonchev–Trinajstić information content (AvgIpc) is 2.82. The normalized spacial score (nSPS) is 11.7. The number of aldehydes is 1. The van der Waals surface area contributed by atoms with Crippen molar-refractivity contribution in [3.8, 4) is 5.88 Å². The van der Waals surface area contributed by atoms with Crippen LogP contribution in [0.25, 0.3) is 10.8 Å². The predicted octanol–water partition coefficient (Wildman–Crippen LogP) is 4.35. The fraction of sp³-hybridized carbons (Fsp3) is 0.115. The highest BCUT2D eigenvalue weighted by Gasteiger charge is 2.22. The minimum absolute atomic E-state index is 0.288. The summed E-state index contributed by atoms with van der Waals surface area (Å²) in [6.07, 6.45) is 2.82. The van der Waals surface area contributed by atoms with Crippen LogP contribution in [0.1, 0.15) is 21.5 Å². The first kappa shape index (κ1) is 20.4. The first-order valence-electron chi connectivity index (χ1n) is 10.1. The molecule has 3 aromatic carbocycles. The smallest absolute Gasteiger partial charge is 0.330 e. The number of nitrogens with zero attached hydrogens (tertiary/aromatic N) is 1. The standard InChI is InChI=1S/C26H22N2O3/c29-18-21-10-6-9-20(15-21)16-24(28-17-19-7-2-1-3-8-19)26(30)31-25-23-12-5-4-11-22(23)13-14-27-25/h1-15,18,24,28H,16-17H2/t24-/m0/s1. The van der Waals surface area contributed by atoms with Crippen LogP contribution >= 0.6 is 0 Å². The Balaban J connectivity index is 1.57. The molecule has 4 aromatic rings. The molecule has 0 saturated heterocycles. The van der Waals surface area contributed by atoms with Gasteiger partial charge in [-0.1, -0.05) is 66.7 Å². The van der Waals surface area contributed by atoms with E-state index in [9.17, 15) is 9.59 Å². The summed E-state index contributed by atoms with van der Waals surface area (Å²) in [6.45, 7) is 0.511. The molecule has 4 rings (SSSR count). The predicted molar refractivity (Wildman–Crippen MR) is 120 cm³/mol. The van der Waals surface area contributed by atoms with E-state index in [1.807, 2.05) is 72.8 Å². The molecule has 1 N–H and O–H groups in total. The molecule has 5 nitrogen and oxygen atoms in total. The Labute approximate surface area is 180 Å². The van der Waals surface area contributed by atoms with Gasteiger partial charge in [0.1, 0.15) is 12.3 Å². The van der Waals surface area contributed by atoms with Crippen LogP contribution in [0.4, 0.5) is 0 Å². The molecule has 0 bridgehead atoms. The summed E-state index contributed by atoms with van der Waals surface area (Å²) in [7, 11) is 0. The Bertz CT molecular complexity index is 1190. The molecular weight excluding hydrogens is 388 g/mol. The van der Waals surface area contributed by atoms with Crippen molar-refractivity contribution in [3.05, 3.63) is 108 Å². The van der Waals surface area contributed by atoms with Gasteiger partial charge in [0, 0.05) is 23.7 Å². The maximum Gasteiger partial charge on any atom is 0.330 e. The van der Waals surface area contributed by atoms with Gasteiger partial charge in [0.15, 0.2) is 0 Å². The van der Waals surface area contributed by atoms with Crippen molar-refractivity contribution in [3.63, 3.8) is 0 Å². The molecule has 0 aliphatic rings. The van der Waals surface area contributed by atoms with E-state index in [0.717, 1.165) is 28.2 Å². The van der Waals surface area contributed by atoms with E-state index in [0.29, 0.717) is 18.5 Å². The molecule has 0 aliphatic carbocycles. The summed E-state index contributed by atoms with van der Waals surface area (Å²) < 4.78 is 5.72. The van der Waals surface area contributed by atoms with E-state index < -0.39 is 12.0 Å². The van der Waals surface area contributed by atoms with E-state index in [-0.39, 0.29) is 5.88 Å². The van der Waals surface area contributed by atoms with E-state index in [1.165, 1.54) is 0 Å². The third-order valence-electron chi connectivity index (χ3n) is 5.04. The lowest BCUT2D eigenvalue weighted by atomic mass is 10.0. The number of benzene rings is 3. The number of pyridine rings is 1. The molecule has 1 aromatic heterocycles. The van der Waals surface area contributed by atoms with E-state index in [1.54, 1.807) is 18.3 Å². The first-order chi connectivity index (χ1) is 15.2. The zero-order valence-corrected chi connectivity index (χ0v) is 16.9. The van der Waals surface area contributed by atoms with Crippen molar-refractivity contribution in [2.24, 2.45) is 0 Å². The highest BCUT2D eigenvalue weighted by atomic mass is 16.5. The molecule has 1 atom stereocenters. The number of rotatable bonds is 8. The van der Waals surface area contributed by atoms with E-state index in [4.69, 9.17) is 4.74 Å². The fourth-order valence-electron chi connectivity index (χ4n) is 3.44. The van der Waals surface area contributed by atoms with Crippen LogP contribution in [0, 0.1) is 0 Å². The van der Waals surface area contributed by atoms with Gasteiger partial charge in [-0.2, -0.15) is 0 Å². The Hall–Kier alpha value is -3.83. The zero-order valence-electron chi connectivity index (χ0n) is 16.9.